The van der Waals surface area contributed by atoms with Gasteiger partial charge in [-0.2, -0.15) is 0 Å². The van der Waals surface area contributed by atoms with Gasteiger partial charge in [0.2, 0.25) is 0 Å². The average molecular weight is 171 g/mol. The van der Waals surface area contributed by atoms with Gasteiger partial charge >= 0.3 is 0 Å². The minimum absolute atomic E-state index is 0.0536. The number of rotatable bonds is 2. The lowest BCUT2D eigenvalue weighted by atomic mass is 10.2. The molecule has 2 nitrogen and oxygen atoms in total. The first-order valence-electron chi connectivity index (χ1n) is 3.60. The lowest BCUT2D eigenvalue weighted by Crippen LogP contribution is -2.18. The molecule has 62 valence electrons. The summed E-state index contributed by atoms with van der Waals surface area (Å²) in [6.45, 7) is 6.81. The minimum Gasteiger partial charge on any atom is -0.371 e. The molecule has 0 fully saturated rings. The monoisotopic (exact) mass is 171 g/mol. The second-order valence-corrected chi connectivity index (χ2v) is 4.09. The first kappa shape index (κ1) is 8.68. The highest BCUT2D eigenvalue weighted by Gasteiger charge is 2.09. The molecular formula is C8H13NOS. The van der Waals surface area contributed by atoms with Gasteiger partial charge in [0.1, 0.15) is 0 Å². The molecule has 0 N–H and O–H groups in total. The van der Waals surface area contributed by atoms with E-state index in [1.165, 1.54) is 11.5 Å². The van der Waals surface area contributed by atoms with Crippen molar-refractivity contribution in [1.29, 1.82) is 0 Å². The van der Waals surface area contributed by atoms with Crippen LogP contribution in [0.4, 0.5) is 0 Å². The van der Waals surface area contributed by atoms with Crippen molar-refractivity contribution in [2.75, 3.05) is 0 Å². The van der Waals surface area contributed by atoms with Gasteiger partial charge in [-0.15, -0.1) is 0 Å². The summed E-state index contributed by atoms with van der Waals surface area (Å²) in [4.78, 5) is 0. The van der Waals surface area contributed by atoms with Crippen LogP contribution >= 0.6 is 11.5 Å². The summed E-state index contributed by atoms with van der Waals surface area (Å²) in [6.07, 6.45) is 1.84. The lowest BCUT2D eigenvalue weighted by Gasteiger charge is -2.18. The predicted molar refractivity (Wildman–Crippen MR) is 46.7 cm³/mol. The van der Waals surface area contributed by atoms with Crippen LogP contribution in [0.2, 0.25) is 0 Å². The molecule has 0 saturated heterocycles. The van der Waals surface area contributed by atoms with E-state index in [1.807, 2.05) is 32.3 Å². The van der Waals surface area contributed by atoms with Crippen molar-refractivity contribution in [3.8, 4) is 0 Å². The third kappa shape index (κ3) is 3.49. The Labute approximate surface area is 71.4 Å². The Bertz CT molecular complexity index is 200. The van der Waals surface area contributed by atoms with Crippen molar-refractivity contribution in [1.82, 2.24) is 4.37 Å². The van der Waals surface area contributed by atoms with Gasteiger partial charge in [-0.25, -0.2) is 4.37 Å². The molecule has 0 unspecified atom stereocenters. The van der Waals surface area contributed by atoms with E-state index in [0.717, 1.165) is 5.56 Å². The van der Waals surface area contributed by atoms with E-state index in [0.29, 0.717) is 6.61 Å². The molecule has 0 atom stereocenters. The van der Waals surface area contributed by atoms with Crippen molar-refractivity contribution in [3.63, 3.8) is 0 Å². The van der Waals surface area contributed by atoms with Gasteiger partial charge in [-0.3, -0.25) is 0 Å². The van der Waals surface area contributed by atoms with E-state index in [9.17, 15) is 0 Å². The minimum atomic E-state index is -0.0536. The zero-order valence-corrected chi connectivity index (χ0v) is 7.94. The molecule has 1 rings (SSSR count). The number of ether oxygens (including phenoxy) is 1. The molecule has 0 bridgehead atoms. The molecule has 3 heteroatoms. The highest BCUT2D eigenvalue weighted by atomic mass is 32.1. The molecule has 0 amide bonds. The molecule has 0 radical (unpaired) electrons. The van der Waals surface area contributed by atoms with Crippen LogP contribution in [-0.2, 0) is 11.3 Å². The third-order valence-electron chi connectivity index (χ3n) is 1.16. The van der Waals surface area contributed by atoms with Crippen LogP contribution in [0.15, 0.2) is 11.6 Å². The Kier molecular flexibility index (Phi) is 2.62. The maximum atomic E-state index is 5.54. The van der Waals surface area contributed by atoms with Gasteiger partial charge < -0.3 is 4.74 Å². The fourth-order valence-electron chi connectivity index (χ4n) is 0.598. The summed E-state index contributed by atoms with van der Waals surface area (Å²) in [5.41, 5.74) is 1.10. The number of nitrogens with zero attached hydrogens (tertiary/aromatic N) is 1. The van der Waals surface area contributed by atoms with Crippen LogP contribution < -0.4 is 0 Å². The summed E-state index contributed by atoms with van der Waals surface area (Å²) < 4.78 is 9.52. The molecule has 0 aliphatic heterocycles. The first-order valence-corrected chi connectivity index (χ1v) is 4.44. The number of hydrogen-bond donors (Lipinski definition) is 0. The molecule has 1 heterocycles. The quantitative estimate of drug-likeness (QED) is 0.682. The fraction of sp³-hybridized carbons (Fsp3) is 0.625. The van der Waals surface area contributed by atoms with E-state index < -0.39 is 0 Å². The molecule has 0 aromatic carbocycles. The van der Waals surface area contributed by atoms with Crippen molar-refractivity contribution in [3.05, 3.63) is 17.1 Å². The van der Waals surface area contributed by atoms with Gasteiger partial charge in [-0.1, -0.05) is 0 Å². The Morgan fingerprint density at radius 3 is 2.73 bits per heavy atom. The van der Waals surface area contributed by atoms with Crippen molar-refractivity contribution < 1.29 is 4.74 Å². The van der Waals surface area contributed by atoms with E-state index in [2.05, 4.69) is 4.37 Å². The van der Waals surface area contributed by atoms with Crippen molar-refractivity contribution in [2.24, 2.45) is 0 Å². The van der Waals surface area contributed by atoms with Crippen LogP contribution in [0.5, 0.6) is 0 Å². The number of aromatic nitrogens is 1. The van der Waals surface area contributed by atoms with Gasteiger partial charge in [0.25, 0.3) is 0 Å². The molecule has 11 heavy (non-hydrogen) atoms. The van der Waals surface area contributed by atoms with Crippen LogP contribution in [0, 0.1) is 0 Å². The largest absolute Gasteiger partial charge is 0.371 e. The number of hydrogen-bond acceptors (Lipinski definition) is 3. The topological polar surface area (TPSA) is 22.1 Å². The first-order chi connectivity index (χ1) is 5.08. The standard InChI is InChI=1S/C8H13NOS/c1-8(2,3)10-5-7-4-9-11-6-7/h4,6H,5H2,1-3H3. The third-order valence-corrected chi connectivity index (χ3v) is 1.79. The van der Waals surface area contributed by atoms with Crippen LogP contribution in [0.1, 0.15) is 26.3 Å². The van der Waals surface area contributed by atoms with Crippen LogP contribution in [0.25, 0.3) is 0 Å². The summed E-state index contributed by atoms with van der Waals surface area (Å²) in [7, 11) is 0. The van der Waals surface area contributed by atoms with Crippen LogP contribution in [0.3, 0.4) is 0 Å². The molecule has 0 spiro atoms. The Morgan fingerprint density at radius 2 is 2.27 bits per heavy atom. The summed E-state index contributed by atoms with van der Waals surface area (Å²) in [6, 6.07) is 0. The molecular weight excluding hydrogens is 158 g/mol. The highest BCUT2D eigenvalue weighted by Crippen LogP contribution is 2.11. The lowest BCUT2D eigenvalue weighted by molar-refractivity contribution is -0.0148. The maximum absolute atomic E-state index is 5.54. The smallest absolute Gasteiger partial charge is 0.0747 e. The van der Waals surface area contributed by atoms with Gasteiger partial charge in [0, 0.05) is 17.1 Å². The molecule has 0 saturated carbocycles. The molecule has 1 aromatic heterocycles. The zero-order valence-electron chi connectivity index (χ0n) is 7.13. The summed E-state index contributed by atoms with van der Waals surface area (Å²) in [5, 5.41) is 2.01. The van der Waals surface area contributed by atoms with E-state index in [-0.39, 0.29) is 5.60 Å². The van der Waals surface area contributed by atoms with E-state index >= 15 is 0 Å². The normalized spacial score (nSPS) is 11.9. The Balaban J connectivity index is 2.35. The summed E-state index contributed by atoms with van der Waals surface area (Å²) >= 11 is 1.46. The molecule has 1 aromatic rings. The van der Waals surface area contributed by atoms with Crippen molar-refractivity contribution >= 4 is 11.5 Å². The maximum Gasteiger partial charge on any atom is 0.0747 e. The van der Waals surface area contributed by atoms with Crippen molar-refractivity contribution in [2.45, 2.75) is 33.0 Å². The van der Waals surface area contributed by atoms with Crippen LogP contribution in [-0.4, -0.2) is 9.97 Å². The fourth-order valence-corrected chi connectivity index (χ4v) is 1.12. The van der Waals surface area contributed by atoms with E-state index in [1.54, 1.807) is 0 Å². The van der Waals surface area contributed by atoms with E-state index in [4.69, 9.17) is 4.74 Å². The zero-order chi connectivity index (χ0) is 8.32. The average Bonchev–Trinajstić information content (AvgIpc) is 2.32. The highest BCUT2D eigenvalue weighted by molar-refractivity contribution is 7.03. The second kappa shape index (κ2) is 3.32. The SMILES string of the molecule is CC(C)(C)OCc1cnsc1. The van der Waals surface area contributed by atoms with Gasteiger partial charge in [-0.05, 0) is 32.3 Å². The molecule has 0 aliphatic carbocycles. The molecule has 0 aliphatic rings. The Hall–Kier alpha value is -0.410. The predicted octanol–water partition coefficient (Wildman–Crippen LogP) is 2.46. The Morgan fingerprint density at radius 1 is 1.55 bits per heavy atom. The van der Waals surface area contributed by atoms with Gasteiger partial charge in [0.15, 0.2) is 0 Å². The second-order valence-electron chi connectivity index (χ2n) is 3.43. The van der Waals surface area contributed by atoms with Gasteiger partial charge in [0.05, 0.1) is 12.2 Å². The summed E-state index contributed by atoms with van der Waals surface area (Å²) in [5.74, 6) is 0.